The lowest BCUT2D eigenvalue weighted by atomic mass is 10.0. The van der Waals surface area contributed by atoms with Crippen LogP contribution in [0.15, 0.2) is 18.2 Å². The largest absolute Gasteiger partial charge is 0.357 e. The van der Waals surface area contributed by atoms with Crippen molar-refractivity contribution < 1.29 is 0 Å². The molecule has 2 nitrogen and oxygen atoms in total. The van der Waals surface area contributed by atoms with Crippen LogP contribution in [-0.2, 0) is 0 Å². The van der Waals surface area contributed by atoms with Crippen molar-refractivity contribution in [2.24, 2.45) is 0 Å². The Balaban J connectivity index is 2.46. The summed E-state index contributed by atoms with van der Waals surface area (Å²) in [7, 11) is 0. The van der Waals surface area contributed by atoms with E-state index in [9.17, 15) is 0 Å². The normalized spacial score (nSPS) is 13.2. The molecule has 1 aromatic heterocycles. The Morgan fingerprint density at radius 3 is 2.88 bits per heavy atom. The molecule has 2 N–H and O–H groups in total. The average Bonchev–Trinajstić information content (AvgIpc) is 2.64. The number of para-hydroxylation sites is 1. The highest BCUT2D eigenvalue weighted by Crippen LogP contribution is 2.31. The van der Waals surface area contributed by atoms with E-state index in [4.69, 9.17) is 11.6 Å². The third kappa shape index (κ3) is 2.33. The van der Waals surface area contributed by atoms with Crippen LogP contribution in [0.3, 0.4) is 0 Å². The van der Waals surface area contributed by atoms with Crippen LogP contribution in [-0.4, -0.2) is 11.5 Å². The van der Waals surface area contributed by atoms with Gasteiger partial charge in [0.05, 0.1) is 10.5 Å². The maximum Gasteiger partial charge on any atom is 0.0648 e. The van der Waals surface area contributed by atoms with E-state index < -0.39 is 0 Å². The van der Waals surface area contributed by atoms with Crippen LogP contribution >= 0.6 is 11.6 Å². The van der Waals surface area contributed by atoms with Crippen LogP contribution in [0.25, 0.3) is 10.9 Å². The van der Waals surface area contributed by atoms with Gasteiger partial charge in [0.1, 0.15) is 0 Å². The summed E-state index contributed by atoms with van der Waals surface area (Å²) in [4.78, 5) is 3.38. The summed E-state index contributed by atoms with van der Waals surface area (Å²) in [6.45, 7) is 7.52. The second kappa shape index (κ2) is 5.11. The number of halogens is 1. The summed E-state index contributed by atoms with van der Waals surface area (Å²) < 4.78 is 0. The predicted octanol–water partition coefficient (Wildman–Crippen LogP) is 4.19. The molecule has 92 valence electrons. The molecule has 2 aromatic rings. The third-order valence-corrected chi connectivity index (χ3v) is 3.47. The summed E-state index contributed by atoms with van der Waals surface area (Å²) in [5, 5.41) is 5.54. The first-order valence-electron chi connectivity index (χ1n) is 6.15. The number of H-pyrrole nitrogens is 1. The number of nitrogens with one attached hydrogen (secondary N) is 2. The Hall–Kier alpha value is -0.990. The van der Waals surface area contributed by atoms with Gasteiger partial charge in [0.2, 0.25) is 0 Å². The van der Waals surface area contributed by atoms with E-state index in [0.717, 1.165) is 23.5 Å². The Morgan fingerprint density at radius 2 is 2.18 bits per heavy atom. The lowest BCUT2D eigenvalue weighted by Crippen LogP contribution is -2.19. The van der Waals surface area contributed by atoms with Gasteiger partial charge in [-0.25, -0.2) is 0 Å². The zero-order valence-corrected chi connectivity index (χ0v) is 11.4. The van der Waals surface area contributed by atoms with Crippen LogP contribution in [0.4, 0.5) is 0 Å². The molecule has 2 rings (SSSR count). The van der Waals surface area contributed by atoms with Crippen molar-refractivity contribution >= 4 is 22.5 Å². The summed E-state index contributed by atoms with van der Waals surface area (Å²) in [5.41, 5.74) is 3.58. The molecule has 0 bridgehead atoms. The van der Waals surface area contributed by atoms with E-state index >= 15 is 0 Å². The van der Waals surface area contributed by atoms with Gasteiger partial charge < -0.3 is 10.3 Å². The average molecular weight is 251 g/mol. The van der Waals surface area contributed by atoms with Crippen molar-refractivity contribution in [2.75, 3.05) is 6.54 Å². The molecule has 0 saturated heterocycles. The Kier molecular flexibility index (Phi) is 3.75. The van der Waals surface area contributed by atoms with Gasteiger partial charge in [0.25, 0.3) is 0 Å². The molecule has 0 aliphatic carbocycles. The van der Waals surface area contributed by atoms with Crippen molar-refractivity contribution in [3.05, 3.63) is 34.5 Å². The molecule has 0 amide bonds. The van der Waals surface area contributed by atoms with Gasteiger partial charge in [0, 0.05) is 17.1 Å². The quantitative estimate of drug-likeness (QED) is 0.837. The van der Waals surface area contributed by atoms with E-state index in [-0.39, 0.29) is 0 Å². The molecule has 17 heavy (non-hydrogen) atoms. The number of benzene rings is 1. The first-order chi connectivity index (χ1) is 8.15. The van der Waals surface area contributed by atoms with Crippen molar-refractivity contribution in [1.29, 1.82) is 0 Å². The van der Waals surface area contributed by atoms with Gasteiger partial charge in [0.15, 0.2) is 0 Å². The maximum absolute atomic E-state index is 6.20. The second-order valence-corrected chi connectivity index (χ2v) is 4.91. The number of fused-ring (bicyclic) bond motifs is 1. The van der Waals surface area contributed by atoms with Crippen molar-refractivity contribution in [3.8, 4) is 0 Å². The standard InChI is InChI=1S/C14H19ClN2/c1-4-8-16-9(2)13-10(3)17-14-11(13)6-5-7-12(14)15/h5-7,9,16-17H,4,8H2,1-3H3. The van der Waals surface area contributed by atoms with Crippen LogP contribution < -0.4 is 5.32 Å². The zero-order valence-electron chi connectivity index (χ0n) is 10.6. The van der Waals surface area contributed by atoms with Gasteiger partial charge in [-0.3, -0.25) is 0 Å². The maximum atomic E-state index is 6.20. The molecule has 1 unspecified atom stereocenters. The number of hydrogen-bond donors (Lipinski definition) is 2. The predicted molar refractivity (Wildman–Crippen MR) is 74.8 cm³/mol. The summed E-state index contributed by atoms with van der Waals surface area (Å²) >= 11 is 6.20. The third-order valence-electron chi connectivity index (χ3n) is 3.15. The fraction of sp³-hybridized carbons (Fsp3) is 0.429. The second-order valence-electron chi connectivity index (χ2n) is 4.50. The van der Waals surface area contributed by atoms with E-state index in [2.05, 4.69) is 37.1 Å². The minimum absolute atomic E-state index is 0.349. The van der Waals surface area contributed by atoms with E-state index in [1.165, 1.54) is 16.6 Å². The topological polar surface area (TPSA) is 27.8 Å². The smallest absolute Gasteiger partial charge is 0.0648 e. The highest BCUT2D eigenvalue weighted by atomic mass is 35.5. The number of aryl methyl sites for hydroxylation is 1. The molecule has 0 radical (unpaired) electrons. The summed E-state index contributed by atoms with van der Waals surface area (Å²) in [6, 6.07) is 6.41. The minimum Gasteiger partial charge on any atom is -0.357 e. The highest BCUT2D eigenvalue weighted by Gasteiger charge is 2.15. The lowest BCUT2D eigenvalue weighted by Gasteiger charge is -2.13. The van der Waals surface area contributed by atoms with Gasteiger partial charge in [-0.2, -0.15) is 0 Å². The molecule has 0 aliphatic heterocycles. The fourth-order valence-corrected chi connectivity index (χ4v) is 2.58. The molecular weight excluding hydrogens is 232 g/mol. The molecule has 1 aromatic carbocycles. The van der Waals surface area contributed by atoms with Gasteiger partial charge in [-0.1, -0.05) is 30.7 Å². The Morgan fingerprint density at radius 1 is 1.41 bits per heavy atom. The van der Waals surface area contributed by atoms with Crippen LogP contribution in [0.1, 0.15) is 37.6 Å². The zero-order chi connectivity index (χ0) is 12.4. The van der Waals surface area contributed by atoms with Crippen LogP contribution in [0, 0.1) is 6.92 Å². The van der Waals surface area contributed by atoms with E-state index in [1.54, 1.807) is 0 Å². The fourth-order valence-electron chi connectivity index (χ4n) is 2.35. The number of hydrogen-bond acceptors (Lipinski definition) is 1. The Bertz CT molecular complexity index is 516. The summed E-state index contributed by atoms with van der Waals surface area (Å²) in [6.07, 6.45) is 1.15. The van der Waals surface area contributed by atoms with E-state index in [0.29, 0.717) is 6.04 Å². The first kappa shape index (κ1) is 12.5. The van der Waals surface area contributed by atoms with Gasteiger partial charge in [-0.15, -0.1) is 0 Å². The SMILES string of the molecule is CCCNC(C)c1c(C)[nH]c2c(Cl)cccc12. The van der Waals surface area contributed by atoms with Crippen molar-refractivity contribution in [3.63, 3.8) is 0 Å². The highest BCUT2D eigenvalue weighted by molar-refractivity contribution is 6.35. The first-order valence-corrected chi connectivity index (χ1v) is 6.53. The molecular formula is C14H19ClN2. The van der Waals surface area contributed by atoms with Crippen LogP contribution in [0.2, 0.25) is 5.02 Å². The molecule has 1 atom stereocenters. The van der Waals surface area contributed by atoms with E-state index in [1.807, 2.05) is 12.1 Å². The van der Waals surface area contributed by atoms with Gasteiger partial charge in [-0.05, 0) is 38.4 Å². The van der Waals surface area contributed by atoms with Crippen molar-refractivity contribution in [1.82, 2.24) is 10.3 Å². The number of aromatic nitrogens is 1. The number of aromatic amines is 1. The lowest BCUT2D eigenvalue weighted by molar-refractivity contribution is 0.571. The molecule has 0 saturated carbocycles. The van der Waals surface area contributed by atoms with Crippen LogP contribution in [0.5, 0.6) is 0 Å². The molecule has 0 fully saturated rings. The number of rotatable bonds is 4. The summed E-state index contributed by atoms with van der Waals surface area (Å²) in [5.74, 6) is 0. The molecule has 3 heteroatoms. The van der Waals surface area contributed by atoms with Crippen molar-refractivity contribution in [2.45, 2.75) is 33.2 Å². The van der Waals surface area contributed by atoms with Gasteiger partial charge >= 0.3 is 0 Å². The Labute approximate surface area is 107 Å². The molecule has 0 aliphatic rings. The minimum atomic E-state index is 0.349. The molecule has 1 heterocycles. The monoisotopic (exact) mass is 250 g/mol. The molecule has 0 spiro atoms.